The van der Waals surface area contributed by atoms with Gasteiger partial charge in [-0.2, -0.15) is 0 Å². The van der Waals surface area contributed by atoms with E-state index >= 15 is 0 Å². The molecule has 36 heteroatoms. The van der Waals surface area contributed by atoms with Crippen molar-refractivity contribution in [1.82, 2.24) is 73.4 Å². The summed E-state index contributed by atoms with van der Waals surface area (Å²) in [6.07, 6.45) is 2.48. The lowest BCUT2D eigenvalue weighted by atomic mass is 9.99. The standard InChI is InChI=1S/C65H109N21O15/c1-35(2)28-45(53(68)91)80-55(93)43(16-11-25-74-64(69)70)78-58(96)47(30-39-19-21-41(88)22-20-39)82-56(94)42(15-8-10-24-67)77-59(97)49(32-51(89)90)84-62(100)52(38(6)87)85-60(98)48(31-40-33-73-34-76-40)83-61(99)50-18-13-27-86(50)63(101)44(17-12-26-75-65(71)72)79-57(95)46(29-36(3)4)81-54(92)37(5)14-7-9-23-66/h19-22,33-38,42-50,52,87-88H,7-18,23-32,66-67H2,1-6H3,(H2,68,91)(H,73,76)(H,77,97)(H,78,96)(H,79,95)(H,80,93)(H,81,92)(H,82,94)(H,83,99)(H,84,100)(H,85,98)(H,89,90)(H4,69,70,74)(H4,71,72,75)/t37-,38+,42-,43-,44-,45-,46-,47-,48-,49-,50+,52-/m0/s1. The SMILES string of the molecule is CC(C)C[C@H](NC(=O)[C@H](CCCNC(=N)N)NC(=O)[C@H](Cc1ccc(O)cc1)NC(=O)[C@H](CCCCN)NC(=O)[C@H](CC(=O)O)NC(=O)[C@@H](NC(=O)[C@H](Cc1c[nH]cn1)NC(=O)[C@H]1CCCN1C(=O)[C@H](CCCNC(=N)N)NC(=O)[C@H](CC(C)C)NC(=O)[C@@H](C)CCCCN)[C@@H](C)O)C(N)=O. The number of amides is 11. The first-order chi connectivity index (χ1) is 47.7. The molecule has 11 amide bonds. The van der Waals surface area contributed by atoms with E-state index < -0.39 is 144 Å². The number of aliphatic hydroxyl groups is 1. The number of carbonyl (C=O) groups excluding carboxylic acids is 11. The number of imidazole rings is 1. The Labute approximate surface area is 588 Å². The number of hydrogen-bond donors (Lipinski definition) is 22. The first-order valence-electron chi connectivity index (χ1n) is 34.3. The van der Waals surface area contributed by atoms with Gasteiger partial charge in [0.25, 0.3) is 0 Å². The number of primary amides is 1. The van der Waals surface area contributed by atoms with Gasteiger partial charge in [0.05, 0.1) is 24.5 Å². The fraction of sp³-hybridized carbons (Fsp3) is 0.646. The number of aliphatic hydroxyl groups excluding tert-OH is 1. The van der Waals surface area contributed by atoms with Crippen molar-refractivity contribution in [2.75, 3.05) is 32.7 Å². The highest BCUT2D eigenvalue weighted by Gasteiger charge is 2.42. The molecule has 1 fully saturated rings. The number of carboxylic acid groups (broad SMARTS) is 1. The van der Waals surface area contributed by atoms with Crippen molar-refractivity contribution in [3.63, 3.8) is 0 Å². The summed E-state index contributed by atoms with van der Waals surface area (Å²) in [7, 11) is 0. The Kier molecular flexibility index (Phi) is 37.6. The number of phenolic OH excluding ortho intramolecular Hbond substituents is 1. The van der Waals surface area contributed by atoms with E-state index in [4.69, 9.17) is 39.5 Å². The van der Waals surface area contributed by atoms with Crippen LogP contribution in [0.15, 0.2) is 36.8 Å². The highest BCUT2D eigenvalue weighted by molar-refractivity contribution is 6.00. The molecule has 0 radical (unpaired) electrons. The summed E-state index contributed by atoms with van der Waals surface area (Å²) in [5.74, 6) is -12.8. The van der Waals surface area contributed by atoms with Gasteiger partial charge in [0, 0.05) is 44.6 Å². The number of phenols is 1. The molecule has 1 aromatic carbocycles. The van der Waals surface area contributed by atoms with E-state index in [1.165, 1.54) is 41.7 Å². The molecule has 0 spiro atoms. The maximum atomic E-state index is 14.7. The Balaban J connectivity index is 1.96. The summed E-state index contributed by atoms with van der Waals surface area (Å²) in [5, 5.41) is 74.9. The van der Waals surface area contributed by atoms with Gasteiger partial charge < -0.3 is 112 Å². The average Bonchev–Trinajstić information content (AvgIpc) is 1.37. The molecule has 36 nitrogen and oxygen atoms in total. The summed E-state index contributed by atoms with van der Waals surface area (Å²) in [5.41, 5.74) is 28.7. The van der Waals surface area contributed by atoms with Crippen LogP contribution >= 0.6 is 0 Å². The lowest BCUT2D eigenvalue weighted by molar-refractivity contribution is -0.143. The Hall–Kier alpha value is -9.71. The predicted octanol–water partition coefficient (Wildman–Crippen LogP) is -3.89. The first-order valence-corrected chi connectivity index (χ1v) is 34.3. The molecule has 1 aromatic heterocycles. The van der Waals surface area contributed by atoms with Crippen LogP contribution in [-0.4, -0.2) is 212 Å². The number of unbranched alkanes of at least 4 members (excludes halogenated alkanes) is 2. The number of aromatic amines is 1. The number of H-pyrrole nitrogens is 1. The summed E-state index contributed by atoms with van der Waals surface area (Å²) in [6, 6.07) is -9.21. The number of rotatable bonds is 47. The summed E-state index contributed by atoms with van der Waals surface area (Å²) in [6.45, 7) is 11.0. The number of likely N-dealkylation sites (tertiary alicyclic amines) is 1. The van der Waals surface area contributed by atoms with E-state index in [0.29, 0.717) is 44.2 Å². The van der Waals surface area contributed by atoms with Crippen molar-refractivity contribution in [1.29, 1.82) is 10.8 Å². The number of aromatic nitrogens is 2. The van der Waals surface area contributed by atoms with Gasteiger partial charge in [-0.15, -0.1) is 0 Å². The molecular formula is C65H109N21O15. The van der Waals surface area contributed by atoms with Gasteiger partial charge in [-0.25, -0.2) is 4.98 Å². The number of carbonyl (C=O) groups is 12. The second-order valence-corrected chi connectivity index (χ2v) is 26.2. The summed E-state index contributed by atoms with van der Waals surface area (Å²) >= 11 is 0. The molecule has 0 aliphatic carbocycles. The monoisotopic (exact) mass is 1420 g/mol. The molecule has 12 atom stereocenters. The van der Waals surface area contributed by atoms with Crippen molar-refractivity contribution in [2.24, 2.45) is 46.4 Å². The largest absolute Gasteiger partial charge is 0.508 e. The number of guanidine groups is 2. The van der Waals surface area contributed by atoms with Crippen LogP contribution in [0.3, 0.4) is 0 Å². The molecule has 2 aromatic rings. The van der Waals surface area contributed by atoms with Gasteiger partial charge >= 0.3 is 5.97 Å². The second kappa shape index (κ2) is 44.4. The minimum absolute atomic E-state index is 0.00122. The smallest absolute Gasteiger partial charge is 0.305 e. The average molecular weight is 1420 g/mol. The van der Waals surface area contributed by atoms with Crippen LogP contribution in [0.4, 0.5) is 0 Å². The van der Waals surface area contributed by atoms with Gasteiger partial charge in [-0.1, -0.05) is 53.2 Å². The number of hydrogen-bond acceptors (Lipinski definition) is 19. The van der Waals surface area contributed by atoms with E-state index in [1.54, 1.807) is 20.8 Å². The summed E-state index contributed by atoms with van der Waals surface area (Å²) < 4.78 is 0. The van der Waals surface area contributed by atoms with Crippen LogP contribution in [0, 0.1) is 28.6 Å². The predicted molar refractivity (Wildman–Crippen MR) is 372 cm³/mol. The van der Waals surface area contributed by atoms with E-state index in [2.05, 4.69) is 68.5 Å². The van der Waals surface area contributed by atoms with Crippen LogP contribution < -0.4 is 87.2 Å². The molecule has 1 saturated heterocycles. The molecule has 3 rings (SSSR count). The van der Waals surface area contributed by atoms with Crippen molar-refractivity contribution in [3.8, 4) is 5.75 Å². The van der Waals surface area contributed by atoms with E-state index in [9.17, 15) is 72.9 Å². The van der Waals surface area contributed by atoms with Gasteiger partial charge in [-0.05, 0) is 133 Å². The van der Waals surface area contributed by atoms with E-state index in [0.717, 1.165) is 6.92 Å². The van der Waals surface area contributed by atoms with Crippen molar-refractivity contribution < 1.29 is 72.9 Å². The van der Waals surface area contributed by atoms with E-state index in [1.807, 2.05) is 13.8 Å². The summed E-state index contributed by atoms with van der Waals surface area (Å²) in [4.78, 5) is 176. The quantitative estimate of drug-likeness (QED) is 0.0171. The number of benzene rings is 1. The zero-order valence-corrected chi connectivity index (χ0v) is 58.6. The number of carboxylic acids is 1. The van der Waals surface area contributed by atoms with Crippen LogP contribution in [0.2, 0.25) is 0 Å². The zero-order chi connectivity index (χ0) is 75.5. The molecule has 0 bridgehead atoms. The Morgan fingerprint density at radius 2 is 1.03 bits per heavy atom. The lowest BCUT2D eigenvalue weighted by Crippen LogP contribution is -2.62. The Bertz CT molecular complexity index is 3060. The normalized spacial score (nSPS) is 16.0. The zero-order valence-electron chi connectivity index (χ0n) is 58.6. The third-order valence-electron chi connectivity index (χ3n) is 16.6. The number of nitrogens with zero attached hydrogens (tertiary/aromatic N) is 2. The second-order valence-electron chi connectivity index (χ2n) is 26.2. The van der Waals surface area contributed by atoms with Crippen molar-refractivity contribution >= 4 is 82.9 Å². The molecule has 564 valence electrons. The molecule has 1 aliphatic heterocycles. The number of aromatic hydroxyl groups is 1. The molecule has 0 saturated carbocycles. The lowest BCUT2D eigenvalue weighted by Gasteiger charge is -2.31. The molecule has 0 unspecified atom stereocenters. The van der Waals surface area contributed by atoms with Crippen LogP contribution in [0.5, 0.6) is 5.75 Å². The Morgan fingerprint density at radius 1 is 0.564 bits per heavy atom. The maximum absolute atomic E-state index is 14.7. The molecule has 1 aliphatic rings. The molecule has 27 N–H and O–H groups in total. The van der Waals surface area contributed by atoms with E-state index in [-0.39, 0.29) is 138 Å². The molecule has 2 heterocycles. The van der Waals surface area contributed by atoms with Crippen LogP contribution in [-0.2, 0) is 70.4 Å². The number of nitrogens with one attached hydrogen (secondary N) is 14. The van der Waals surface area contributed by atoms with Gasteiger partial charge in [0.1, 0.15) is 66.2 Å². The maximum Gasteiger partial charge on any atom is 0.305 e. The highest BCUT2D eigenvalue weighted by atomic mass is 16.4. The molecular weight excluding hydrogens is 1310 g/mol. The Morgan fingerprint density at radius 3 is 1.55 bits per heavy atom. The van der Waals surface area contributed by atoms with Gasteiger partial charge in [-0.3, -0.25) is 68.4 Å². The third kappa shape index (κ3) is 31.6. The van der Waals surface area contributed by atoms with Gasteiger partial charge in [0.2, 0.25) is 65.0 Å². The first kappa shape index (κ1) is 85.5. The highest BCUT2D eigenvalue weighted by Crippen LogP contribution is 2.22. The fourth-order valence-corrected chi connectivity index (χ4v) is 11.1. The van der Waals surface area contributed by atoms with Crippen LogP contribution in [0.1, 0.15) is 149 Å². The fourth-order valence-electron chi connectivity index (χ4n) is 11.1. The topological polar surface area (TPSA) is 608 Å². The minimum Gasteiger partial charge on any atom is -0.508 e. The number of nitrogens with two attached hydrogens (primary N) is 5. The third-order valence-corrected chi connectivity index (χ3v) is 16.6. The van der Waals surface area contributed by atoms with Crippen LogP contribution in [0.25, 0.3) is 0 Å². The minimum atomic E-state index is -2.03. The van der Waals surface area contributed by atoms with Gasteiger partial charge in [0.15, 0.2) is 11.9 Å². The molecule has 101 heavy (non-hydrogen) atoms. The number of aliphatic carboxylic acids is 1. The van der Waals surface area contributed by atoms with Crippen molar-refractivity contribution in [2.45, 2.75) is 217 Å². The van der Waals surface area contributed by atoms with Crippen molar-refractivity contribution in [3.05, 3.63) is 48.0 Å².